The number of carbonyl (C=O) groups excluding carboxylic acids is 1. The molecule has 0 aliphatic carbocycles. The SMILES string of the molecule is COc1ccc(-c2ccc(CCC(=O)Nc3ccc(-c4nnc5n4CCCCC5)cc3)o2)cc1. The summed E-state index contributed by atoms with van der Waals surface area (Å²) in [6.07, 6.45) is 5.42. The number of ether oxygens (including phenoxy) is 1. The van der Waals surface area contributed by atoms with Gasteiger partial charge in [0.15, 0.2) is 5.82 Å². The van der Waals surface area contributed by atoms with E-state index in [1.165, 1.54) is 12.8 Å². The Morgan fingerprint density at radius 1 is 0.971 bits per heavy atom. The summed E-state index contributed by atoms with van der Waals surface area (Å²) < 4.78 is 13.3. The minimum absolute atomic E-state index is 0.0495. The van der Waals surface area contributed by atoms with Crippen molar-refractivity contribution in [3.8, 4) is 28.5 Å². The largest absolute Gasteiger partial charge is 0.497 e. The van der Waals surface area contributed by atoms with Crippen LogP contribution >= 0.6 is 0 Å². The highest BCUT2D eigenvalue weighted by molar-refractivity contribution is 5.91. The maximum Gasteiger partial charge on any atom is 0.224 e. The van der Waals surface area contributed by atoms with Gasteiger partial charge in [0, 0.05) is 42.6 Å². The molecule has 1 aliphatic heterocycles. The normalized spacial score (nSPS) is 13.2. The molecule has 1 N–H and O–H groups in total. The minimum Gasteiger partial charge on any atom is -0.497 e. The van der Waals surface area contributed by atoms with Gasteiger partial charge in [-0.3, -0.25) is 4.79 Å². The van der Waals surface area contributed by atoms with Crippen LogP contribution in [0.2, 0.25) is 0 Å². The van der Waals surface area contributed by atoms with Gasteiger partial charge in [-0.15, -0.1) is 10.2 Å². The average Bonchev–Trinajstić information content (AvgIpc) is 3.44. The summed E-state index contributed by atoms with van der Waals surface area (Å²) in [7, 11) is 1.64. The van der Waals surface area contributed by atoms with Crippen LogP contribution in [-0.2, 0) is 24.2 Å². The van der Waals surface area contributed by atoms with Crippen LogP contribution in [0.3, 0.4) is 0 Å². The molecule has 0 radical (unpaired) electrons. The van der Waals surface area contributed by atoms with Gasteiger partial charge in [0.2, 0.25) is 5.91 Å². The van der Waals surface area contributed by atoms with Gasteiger partial charge in [-0.2, -0.15) is 0 Å². The van der Waals surface area contributed by atoms with E-state index in [1.54, 1.807) is 7.11 Å². The molecule has 0 saturated heterocycles. The summed E-state index contributed by atoms with van der Waals surface area (Å²) >= 11 is 0. The summed E-state index contributed by atoms with van der Waals surface area (Å²) in [5.74, 6) is 4.28. The van der Waals surface area contributed by atoms with Crippen LogP contribution in [0.5, 0.6) is 5.75 Å². The first kappa shape index (κ1) is 21.9. The molecule has 0 fully saturated rings. The molecule has 7 heteroatoms. The third kappa shape index (κ3) is 4.88. The van der Waals surface area contributed by atoms with Crippen molar-refractivity contribution < 1.29 is 13.9 Å². The first-order chi connectivity index (χ1) is 16.7. The highest BCUT2D eigenvalue weighted by Crippen LogP contribution is 2.26. The van der Waals surface area contributed by atoms with Crippen LogP contribution in [0.1, 0.15) is 37.3 Å². The molecule has 0 atom stereocenters. The molecule has 174 valence electrons. The maximum atomic E-state index is 12.5. The molecule has 1 aliphatic rings. The number of amides is 1. The van der Waals surface area contributed by atoms with Gasteiger partial charge in [0.25, 0.3) is 0 Å². The molecule has 0 bridgehead atoms. The lowest BCUT2D eigenvalue weighted by molar-refractivity contribution is -0.116. The highest BCUT2D eigenvalue weighted by atomic mass is 16.5. The van der Waals surface area contributed by atoms with Gasteiger partial charge in [-0.1, -0.05) is 6.42 Å². The number of aromatic nitrogens is 3. The lowest BCUT2D eigenvalue weighted by Gasteiger charge is -2.08. The summed E-state index contributed by atoms with van der Waals surface area (Å²) in [6.45, 7) is 0.961. The monoisotopic (exact) mass is 456 g/mol. The van der Waals surface area contributed by atoms with E-state index in [9.17, 15) is 4.79 Å². The van der Waals surface area contributed by atoms with Crippen LogP contribution in [0, 0.1) is 0 Å². The van der Waals surface area contributed by atoms with Crippen LogP contribution in [-0.4, -0.2) is 27.8 Å². The molecule has 0 unspecified atom stereocenters. The Morgan fingerprint density at radius 3 is 2.56 bits per heavy atom. The lowest BCUT2D eigenvalue weighted by atomic mass is 10.1. The number of hydrogen-bond acceptors (Lipinski definition) is 5. The third-order valence-corrected chi connectivity index (χ3v) is 6.17. The zero-order chi connectivity index (χ0) is 23.3. The van der Waals surface area contributed by atoms with E-state index in [2.05, 4.69) is 20.1 Å². The Kier molecular flexibility index (Phi) is 6.42. The van der Waals surface area contributed by atoms with Gasteiger partial charge >= 0.3 is 0 Å². The van der Waals surface area contributed by atoms with Gasteiger partial charge in [-0.25, -0.2) is 0 Å². The minimum atomic E-state index is -0.0495. The quantitative estimate of drug-likeness (QED) is 0.396. The first-order valence-corrected chi connectivity index (χ1v) is 11.7. The number of anilines is 1. The van der Waals surface area contributed by atoms with Crippen molar-refractivity contribution in [3.63, 3.8) is 0 Å². The third-order valence-electron chi connectivity index (χ3n) is 6.17. The predicted octanol–water partition coefficient (Wildman–Crippen LogP) is 5.51. The number of hydrogen-bond donors (Lipinski definition) is 1. The summed E-state index contributed by atoms with van der Waals surface area (Å²) in [5.41, 5.74) is 2.75. The standard InChI is InChI=1S/C27H28N4O3/c1-33-22-12-8-19(9-13-22)24-16-14-23(34-24)15-17-26(32)28-21-10-6-20(7-11-21)27-30-29-25-5-3-2-4-18-31(25)27/h6-14,16H,2-5,15,17-18H2,1H3,(H,28,32). The second kappa shape index (κ2) is 9.95. The van der Waals surface area contributed by atoms with Gasteiger partial charge in [-0.05, 0) is 73.5 Å². The molecule has 4 aromatic rings. The van der Waals surface area contributed by atoms with Crippen molar-refractivity contribution in [1.29, 1.82) is 0 Å². The van der Waals surface area contributed by atoms with Crippen molar-refractivity contribution in [2.75, 3.05) is 12.4 Å². The number of carbonyl (C=O) groups is 1. The van der Waals surface area contributed by atoms with Gasteiger partial charge in [0.05, 0.1) is 7.11 Å². The molecule has 7 nitrogen and oxygen atoms in total. The van der Waals surface area contributed by atoms with Crippen LogP contribution in [0.15, 0.2) is 65.1 Å². The van der Waals surface area contributed by atoms with Gasteiger partial charge in [0.1, 0.15) is 23.1 Å². The molecule has 2 aromatic carbocycles. The Morgan fingerprint density at radius 2 is 1.76 bits per heavy atom. The fraction of sp³-hybridized carbons (Fsp3) is 0.296. The summed E-state index contributed by atoms with van der Waals surface area (Å²) in [5, 5.41) is 11.8. The van der Waals surface area contributed by atoms with Crippen molar-refractivity contribution in [3.05, 3.63) is 72.2 Å². The fourth-order valence-electron chi connectivity index (χ4n) is 4.28. The fourth-order valence-corrected chi connectivity index (χ4v) is 4.28. The van der Waals surface area contributed by atoms with Crippen molar-refractivity contribution in [2.45, 2.75) is 45.1 Å². The number of nitrogens with one attached hydrogen (secondary N) is 1. The number of aryl methyl sites for hydroxylation is 2. The van der Waals surface area contributed by atoms with E-state index in [4.69, 9.17) is 9.15 Å². The van der Waals surface area contributed by atoms with Gasteiger partial charge < -0.3 is 19.0 Å². The highest BCUT2D eigenvalue weighted by Gasteiger charge is 2.16. The number of nitrogens with zero attached hydrogens (tertiary/aromatic N) is 3. The van der Waals surface area contributed by atoms with E-state index in [1.807, 2.05) is 60.7 Å². The molecule has 0 spiro atoms. The zero-order valence-corrected chi connectivity index (χ0v) is 19.3. The molecule has 5 rings (SSSR count). The Balaban J connectivity index is 1.16. The molecule has 2 aromatic heterocycles. The number of furan rings is 1. The summed E-state index contributed by atoms with van der Waals surface area (Å²) in [6, 6.07) is 19.4. The number of benzene rings is 2. The average molecular weight is 457 g/mol. The molecule has 0 saturated carbocycles. The number of methoxy groups -OCH3 is 1. The number of fused-ring (bicyclic) bond motifs is 1. The van der Waals surface area contributed by atoms with E-state index < -0.39 is 0 Å². The van der Waals surface area contributed by atoms with Crippen molar-refractivity contribution in [2.24, 2.45) is 0 Å². The predicted molar refractivity (Wildman–Crippen MR) is 131 cm³/mol. The van der Waals surface area contributed by atoms with Crippen LogP contribution in [0.25, 0.3) is 22.7 Å². The smallest absolute Gasteiger partial charge is 0.224 e. The van der Waals surface area contributed by atoms with Crippen LogP contribution < -0.4 is 10.1 Å². The Labute approximate surface area is 198 Å². The lowest BCUT2D eigenvalue weighted by Crippen LogP contribution is -2.12. The molecule has 34 heavy (non-hydrogen) atoms. The first-order valence-electron chi connectivity index (χ1n) is 11.7. The van der Waals surface area contributed by atoms with E-state index in [-0.39, 0.29) is 5.91 Å². The number of rotatable bonds is 7. The van der Waals surface area contributed by atoms with E-state index >= 15 is 0 Å². The Hall–Kier alpha value is -3.87. The summed E-state index contributed by atoms with van der Waals surface area (Å²) in [4.78, 5) is 12.5. The molecule has 1 amide bonds. The second-order valence-electron chi connectivity index (χ2n) is 8.52. The molecular weight excluding hydrogens is 428 g/mol. The second-order valence-corrected chi connectivity index (χ2v) is 8.52. The van der Waals surface area contributed by atoms with E-state index in [0.29, 0.717) is 12.8 Å². The van der Waals surface area contributed by atoms with Crippen molar-refractivity contribution in [1.82, 2.24) is 14.8 Å². The zero-order valence-electron chi connectivity index (χ0n) is 19.3. The maximum absolute atomic E-state index is 12.5. The van der Waals surface area contributed by atoms with Crippen LogP contribution in [0.4, 0.5) is 5.69 Å². The van der Waals surface area contributed by atoms with Crippen molar-refractivity contribution >= 4 is 11.6 Å². The topological polar surface area (TPSA) is 82.2 Å². The molecule has 3 heterocycles. The van der Waals surface area contributed by atoms with E-state index in [0.717, 1.165) is 65.1 Å². The Bertz CT molecular complexity index is 1260. The molecular formula is C27H28N4O3.